The van der Waals surface area contributed by atoms with Crippen molar-refractivity contribution in [2.24, 2.45) is 0 Å². The first kappa shape index (κ1) is 17.4. The van der Waals surface area contributed by atoms with Gasteiger partial charge in [-0.15, -0.1) is 0 Å². The van der Waals surface area contributed by atoms with Crippen LogP contribution in [-0.4, -0.2) is 21.6 Å². The van der Waals surface area contributed by atoms with Crippen LogP contribution in [0.1, 0.15) is 47.0 Å². The molecule has 1 atom stereocenters. The summed E-state index contributed by atoms with van der Waals surface area (Å²) in [7, 11) is -2.74. The molecule has 0 spiro atoms. The van der Waals surface area contributed by atoms with E-state index >= 15 is 0 Å². The molecular weight excluding hydrogens is 240 g/mol. The molecule has 0 amide bonds. The van der Waals surface area contributed by atoms with Crippen LogP contribution in [0.4, 0.5) is 0 Å². The first-order valence-electron chi connectivity index (χ1n) is 7.34. The third kappa shape index (κ3) is 4.88. The van der Waals surface area contributed by atoms with Crippen LogP contribution in [0.15, 0.2) is 0 Å². The predicted molar refractivity (Wildman–Crippen MR) is 84.9 cm³/mol. The molecule has 0 rings (SSSR count). The summed E-state index contributed by atoms with van der Waals surface area (Å²) in [6.07, 6.45) is 3.85. The van der Waals surface area contributed by atoms with Gasteiger partial charge in [0.2, 0.25) is 0 Å². The maximum absolute atomic E-state index is 6.69. The van der Waals surface area contributed by atoms with Gasteiger partial charge in [-0.2, -0.15) is 0 Å². The Kier molecular flexibility index (Phi) is 6.68. The molecule has 0 radical (unpaired) electrons. The molecule has 0 aliphatic heterocycles. The molecular formula is C14H34OSi2. The zero-order valence-corrected chi connectivity index (χ0v) is 15.4. The van der Waals surface area contributed by atoms with Crippen LogP contribution in [-0.2, 0) is 4.43 Å². The summed E-state index contributed by atoms with van der Waals surface area (Å²) in [6, 6.07) is 2.63. The lowest BCUT2D eigenvalue weighted by molar-refractivity contribution is 0.148. The SMILES string of the molecule is CCCC[Si](C)(C)C(C)(CC)O[Si](C)(C)CC. The summed E-state index contributed by atoms with van der Waals surface area (Å²) < 4.78 is 6.69. The van der Waals surface area contributed by atoms with E-state index in [9.17, 15) is 0 Å². The van der Waals surface area contributed by atoms with Gasteiger partial charge < -0.3 is 4.43 Å². The van der Waals surface area contributed by atoms with Crippen LogP contribution in [0, 0.1) is 0 Å². The van der Waals surface area contributed by atoms with Gasteiger partial charge in [-0.3, -0.25) is 0 Å². The minimum atomic E-state index is -1.45. The van der Waals surface area contributed by atoms with E-state index in [0.29, 0.717) is 0 Å². The van der Waals surface area contributed by atoms with Crippen molar-refractivity contribution in [1.82, 2.24) is 0 Å². The van der Waals surface area contributed by atoms with Crippen molar-refractivity contribution in [3.05, 3.63) is 0 Å². The van der Waals surface area contributed by atoms with E-state index in [1.807, 2.05) is 0 Å². The Hall–Kier alpha value is 0.394. The van der Waals surface area contributed by atoms with Crippen LogP contribution in [0.2, 0.25) is 38.3 Å². The summed E-state index contributed by atoms with van der Waals surface area (Å²) >= 11 is 0. The molecule has 0 fully saturated rings. The van der Waals surface area contributed by atoms with E-state index in [0.717, 1.165) is 0 Å². The summed E-state index contributed by atoms with van der Waals surface area (Å²) in [6.45, 7) is 19.0. The summed E-state index contributed by atoms with van der Waals surface area (Å²) in [5.74, 6) is 0. The fraction of sp³-hybridized carbons (Fsp3) is 1.00. The summed E-state index contributed by atoms with van der Waals surface area (Å²) in [5.41, 5.74) is 0. The average Bonchev–Trinajstić information content (AvgIpc) is 2.25. The molecule has 0 aliphatic rings. The normalized spacial score (nSPS) is 16.9. The predicted octanol–water partition coefficient (Wildman–Crippen LogP) is 5.44. The van der Waals surface area contributed by atoms with E-state index in [4.69, 9.17) is 4.43 Å². The molecule has 0 aliphatic carbocycles. The minimum Gasteiger partial charge on any atom is -0.415 e. The molecule has 0 saturated carbocycles. The van der Waals surface area contributed by atoms with Crippen molar-refractivity contribution < 1.29 is 4.43 Å². The number of hydrogen-bond acceptors (Lipinski definition) is 1. The molecule has 0 saturated heterocycles. The third-order valence-corrected chi connectivity index (χ3v) is 12.4. The molecule has 0 bridgehead atoms. The highest BCUT2D eigenvalue weighted by Crippen LogP contribution is 2.35. The van der Waals surface area contributed by atoms with Gasteiger partial charge in [0, 0.05) is 5.22 Å². The molecule has 3 heteroatoms. The Morgan fingerprint density at radius 1 is 1.00 bits per heavy atom. The lowest BCUT2D eigenvalue weighted by atomic mass is 10.3. The first-order valence-corrected chi connectivity index (χ1v) is 13.7. The molecule has 1 unspecified atom stereocenters. The van der Waals surface area contributed by atoms with E-state index in [2.05, 4.69) is 53.9 Å². The van der Waals surface area contributed by atoms with Gasteiger partial charge in [-0.05, 0) is 32.5 Å². The highest BCUT2D eigenvalue weighted by atomic mass is 28.4. The molecule has 0 heterocycles. The van der Waals surface area contributed by atoms with Gasteiger partial charge in [0.05, 0.1) is 8.07 Å². The highest BCUT2D eigenvalue weighted by Gasteiger charge is 2.44. The summed E-state index contributed by atoms with van der Waals surface area (Å²) in [5, 5.41) is 0.175. The van der Waals surface area contributed by atoms with E-state index < -0.39 is 16.4 Å². The van der Waals surface area contributed by atoms with Crippen molar-refractivity contribution in [3.8, 4) is 0 Å². The van der Waals surface area contributed by atoms with Gasteiger partial charge in [-0.1, -0.05) is 52.8 Å². The Bertz CT molecular complexity index is 226. The Morgan fingerprint density at radius 3 is 1.88 bits per heavy atom. The van der Waals surface area contributed by atoms with Crippen molar-refractivity contribution in [2.75, 3.05) is 0 Å². The van der Waals surface area contributed by atoms with Crippen LogP contribution in [0.25, 0.3) is 0 Å². The molecule has 0 N–H and O–H groups in total. The smallest absolute Gasteiger partial charge is 0.186 e. The topological polar surface area (TPSA) is 9.23 Å². The first-order chi connectivity index (χ1) is 7.64. The van der Waals surface area contributed by atoms with Crippen LogP contribution >= 0.6 is 0 Å². The van der Waals surface area contributed by atoms with Crippen LogP contribution in [0.5, 0.6) is 0 Å². The molecule has 0 aromatic rings. The van der Waals surface area contributed by atoms with Crippen LogP contribution in [0.3, 0.4) is 0 Å². The van der Waals surface area contributed by atoms with Crippen molar-refractivity contribution in [2.45, 2.75) is 90.5 Å². The highest BCUT2D eigenvalue weighted by molar-refractivity contribution is 6.81. The maximum atomic E-state index is 6.69. The van der Waals surface area contributed by atoms with E-state index in [1.54, 1.807) is 0 Å². The van der Waals surface area contributed by atoms with Gasteiger partial charge >= 0.3 is 0 Å². The Balaban J connectivity index is 4.86. The Morgan fingerprint density at radius 2 is 1.53 bits per heavy atom. The van der Waals surface area contributed by atoms with Crippen molar-refractivity contribution in [1.29, 1.82) is 0 Å². The second-order valence-corrected chi connectivity index (χ2v) is 16.5. The number of rotatable bonds is 8. The van der Waals surface area contributed by atoms with E-state index in [1.165, 1.54) is 31.4 Å². The largest absolute Gasteiger partial charge is 0.415 e. The minimum absolute atomic E-state index is 0.175. The van der Waals surface area contributed by atoms with Crippen LogP contribution < -0.4 is 0 Å². The fourth-order valence-corrected chi connectivity index (χ4v) is 8.42. The second-order valence-electron chi connectivity index (χ2n) is 6.79. The van der Waals surface area contributed by atoms with Crippen molar-refractivity contribution in [3.63, 3.8) is 0 Å². The molecule has 0 aromatic carbocycles. The van der Waals surface area contributed by atoms with Crippen molar-refractivity contribution >= 4 is 16.4 Å². The molecule has 17 heavy (non-hydrogen) atoms. The van der Waals surface area contributed by atoms with Gasteiger partial charge in [-0.25, -0.2) is 0 Å². The monoisotopic (exact) mass is 274 g/mol. The second kappa shape index (κ2) is 6.53. The van der Waals surface area contributed by atoms with Gasteiger partial charge in [0.25, 0.3) is 0 Å². The standard InChI is InChI=1S/C14H34OSi2/c1-9-12-13-16(5,6)14(4,10-2)15-17(7,8)11-3/h9-13H2,1-8H3. The number of hydrogen-bond donors (Lipinski definition) is 0. The fourth-order valence-electron chi connectivity index (χ4n) is 2.25. The number of unbranched alkanes of at least 4 members (excludes halogenated alkanes) is 1. The third-order valence-electron chi connectivity index (χ3n) is 4.61. The lowest BCUT2D eigenvalue weighted by Gasteiger charge is -2.47. The maximum Gasteiger partial charge on any atom is 0.186 e. The lowest BCUT2D eigenvalue weighted by Crippen LogP contribution is -2.58. The van der Waals surface area contributed by atoms with E-state index in [-0.39, 0.29) is 5.22 Å². The Labute approximate surface area is 111 Å². The molecule has 0 aromatic heterocycles. The molecule has 104 valence electrons. The zero-order valence-electron chi connectivity index (χ0n) is 13.4. The quantitative estimate of drug-likeness (QED) is 0.535. The molecule has 1 nitrogen and oxygen atoms in total. The van der Waals surface area contributed by atoms with Gasteiger partial charge in [0.15, 0.2) is 8.32 Å². The van der Waals surface area contributed by atoms with Gasteiger partial charge in [0.1, 0.15) is 0 Å². The zero-order chi connectivity index (χ0) is 13.7. The average molecular weight is 275 g/mol. The summed E-state index contributed by atoms with van der Waals surface area (Å²) in [4.78, 5) is 0.